The predicted octanol–water partition coefficient (Wildman–Crippen LogP) is 2.35. The molecule has 0 aliphatic heterocycles. The molecule has 4 atom stereocenters. The van der Waals surface area contributed by atoms with E-state index in [1.807, 2.05) is 0 Å². The summed E-state index contributed by atoms with van der Waals surface area (Å²) in [4.78, 5) is 0. The molecule has 0 saturated heterocycles. The Hall–Kier alpha value is -0.120. The van der Waals surface area contributed by atoms with E-state index in [4.69, 9.17) is 4.74 Å². The number of rotatable bonds is 5. The van der Waals surface area contributed by atoms with Gasteiger partial charge in [0.15, 0.2) is 0 Å². The lowest BCUT2D eigenvalue weighted by atomic mass is 9.73. The maximum absolute atomic E-state index is 9.64. The molecule has 0 heterocycles. The first-order valence-corrected chi connectivity index (χ1v) is 6.87. The second-order valence-electron chi connectivity index (χ2n) is 6.04. The summed E-state index contributed by atoms with van der Waals surface area (Å²) in [6.45, 7) is 8.48. The average molecular weight is 244 g/mol. The fourth-order valence-electron chi connectivity index (χ4n) is 2.76. The zero-order chi connectivity index (χ0) is 13.1. The van der Waals surface area contributed by atoms with Gasteiger partial charge >= 0.3 is 0 Å². The first-order valence-electron chi connectivity index (χ1n) is 6.87. The van der Waals surface area contributed by atoms with Crippen LogP contribution in [-0.2, 0) is 4.74 Å². The summed E-state index contributed by atoms with van der Waals surface area (Å²) in [5.41, 5.74) is -0.104. The van der Waals surface area contributed by atoms with Gasteiger partial charge in [0.25, 0.3) is 0 Å². The van der Waals surface area contributed by atoms with Crippen LogP contribution in [-0.4, -0.2) is 34.6 Å². The fourth-order valence-corrected chi connectivity index (χ4v) is 2.76. The first-order chi connectivity index (χ1) is 7.87. The lowest BCUT2D eigenvalue weighted by Gasteiger charge is -2.43. The van der Waals surface area contributed by atoms with Crippen LogP contribution in [0.5, 0.6) is 0 Å². The van der Waals surface area contributed by atoms with Crippen molar-refractivity contribution in [2.24, 2.45) is 11.8 Å². The van der Waals surface area contributed by atoms with Gasteiger partial charge in [-0.2, -0.15) is 0 Å². The molecule has 1 rings (SSSR count). The van der Waals surface area contributed by atoms with E-state index in [-0.39, 0.29) is 12.2 Å². The molecule has 0 aromatic rings. The summed E-state index contributed by atoms with van der Waals surface area (Å²) in [6.07, 6.45) is 3.11. The molecular formula is C14H28O3. The Morgan fingerprint density at radius 1 is 1.29 bits per heavy atom. The molecule has 0 spiro atoms. The van der Waals surface area contributed by atoms with Gasteiger partial charge in [0, 0.05) is 0 Å². The molecule has 1 aliphatic rings. The molecule has 1 saturated carbocycles. The number of hydrogen-bond donors (Lipinski definition) is 2. The van der Waals surface area contributed by atoms with Crippen LogP contribution in [0, 0.1) is 11.8 Å². The van der Waals surface area contributed by atoms with Crippen LogP contribution in [0.3, 0.4) is 0 Å². The summed E-state index contributed by atoms with van der Waals surface area (Å²) in [5, 5.41) is 18.9. The molecule has 17 heavy (non-hydrogen) atoms. The normalized spacial score (nSPS) is 33.7. The van der Waals surface area contributed by atoms with Crippen LogP contribution < -0.4 is 0 Å². The van der Waals surface area contributed by atoms with Crippen molar-refractivity contribution in [1.29, 1.82) is 0 Å². The highest BCUT2D eigenvalue weighted by Crippen LogP contribution is 2.40. The van der Waals surface area contributed by atoms with Crippen LogP contribution in [0.25, 0.3) is 0 Å². The molecule has 4 unspecified atom stereocenters. The maximum Gasteiger partial charge on any atom is 0.103 e. The molecule has 3 nitrogen and oxygen atoms in total. The Morgan fingerprint density at radius 3 is 2.41 bits per heavy atom. The van der Waals surface area contributed by atoms with Crippen molar-refractivity contribution in [1.82, 2.24) is 0 Å². The van der Waals surface area contributed by atoms with Crippen molar-refractivity contribution in [3.63, 3.8) is 0 Å². The highest BCUT2D eigenvalue weighted by molar-refractivity contribution is 4.90. The zero-order valence-corrected chi connectivity index (χ0v) is 11.6. The van der Waals surface area contributed by atoms with Crippen molar-refractivity contribution < 1.29 is 14.9 Å². The van der Waals surface area contributed by atoms with Gasteiger partial charge in [0.1, 0.15) is 6.10 Å². The van der Waals surface area contributed by atoms with Crippen LogP contribution in [0.1, 0.15) is 53.4 Å². The maximum atomic E-state index is 9.64. The molecule has 0 amide bonds. The van der Waals surface area contributed by atoms with Gasteiger partial charge in [0.05, 0.1) is 18.3 Å². The molecule has 2 N–H and O–H groups in total. The molecule has 0 aromatic carbocycles. The van der Waals surface area contributed by atoms with Crippen molar-refractivity contribution in [2.75, 3.05) is 6.61 Å². The molecule has 1 fully saturated rings. The Morgan fingerprint density at radius 2 is 1.94 bits per heavy atom. The summed E-state index contributed by atoms with van der Waals surface area (Å²) < 4.78 is 6.02. The third-order valence-electron chi connectivity index (χ3n) is 4.14. The van der Waals surface area contributed by atoms with E-state index >= 15 is 0 Å². The van der Waals surface area contributed by atoms with Crippen LogP contribution >= 0.6 is 0 Å². The van der Waals surface area contributed by atoms with Crippen molar-refractivity contribution in [3.05, 3.63) is 0 Å². The highest BCUT2D eigenvalue weighted by atomic mass is 16.5. The lowest BCUT2D eigenvalue weighted by molar-refractivity contribution is -0.145. The lowest BCUT2D eigenvalue weighted by Crippen LogP contribution is -2.45. The summed E-state index contributed by atoms with van der Waals surface area (Å²) >= 11 is 0. The molecule has 0 aromatic heterocycles. The van der Waals surface area contributed by atoms with Crippen LogP contribution in [0.2, 0.25) is 0 Å². The van der Waals surface area contributed by atoms with E-state index in [1.165, 1.54) is 12.8 Å². The molecule has 0 bridgehead atoms. The van der Waals surface area contributed by atoms with Gasteiger partial charge < -0.3 is 14.9 Å². The number of aliphatic hydroxyl groups is 2. The van der Waals surface area contributed by atoms with Crippen molar-refractivity contribution in [3.8, 4) is 0 Å². The highest BCUT2D eigenvalue weighted by Gasteiger charge is 2.39. The summed E-state index contributed by atoms with van der Waals surface area (Å²) in [6, 6.07) is 0. The third kappa shape index (κ3) is 3.94. The van der Waals surface area contributed by atoms with Crippen LogP contribution in [0.15, 0.2) is 0 Å². The predicted molar refractivity (Wildman–Crippen MR) is 68.8 cm³/mol. The summed E-state index contributed by atoms with van der Waals surface area (Å²) in [7, 11) is 0. The van der Waals surface area contributed by atoms with E-state index in [0.717, 1.165) is 12.8 Å². The Kier molecular flexibility index (Phi) is 5.42. The third-order valence-corrected chi connectivity index (χ3v) is 4.14. The minimum atomic E-state index is -0.775. The quantitative estimate of drug-likeness (QED) is 0.780. The molecule has 0 radical (unpaired) electrons. The van der Waals surface area contributed by atoms with E-state index in [2.05, 4.69) is 20.8 Å². The summed E-state index contributed by atoms with van der Waals surface area (Å²) in [5.74, 6) is 1.14. The zero-order valence-electron chi connectivity index (χ0n) is 11.6. The number of ether oxygens (including phenoxy) is 1. The van der Waals surface area contributed by atoms with Gasteiger partial charge in [-0.25, -0.2) is 0 Å². The van der Waals surface area contributed by atoms with E-state index in [1.54, 1.807) is 6.92 Å². The largest absolute Gasteiger partial charge is 0.391 e. The van der Waals surface area contributed by atoms with Gasteiger partial charge in [-0.05, 0) is 31.6 Å². The molecular weight excluding hydrogens is 216 g/mol. The van der Waals surface area contributed by atoms with E-state index in [0.29, 0.717) is 11.8 Å². The monoisotopic (exact) mass is 244 g/mol. The standard InChI is InChI=1S/C14H28O3/c1-10(2)14(7-5-6-11(3)8-14)17-9-13(16)12(4)15/h10-13,15-16H,5-9H2,1-4H3. The van der Waals surface area contributed by atoms with Gasteiger partial charge in [-0.1, -0.05) is 33.6 Å². The second kappa shape index (κ2) is 6.17. The van der Waals surface area contributed by atoms with E-state index in [9.17, 15) is 10.2 Å². The number of aliphatic hydroxyl groups excluding tert-OH is 2. The van der Waals surface area contributed by atoms with Crippen molar-refractivity contribution >= 4 is 0 Å². The smallest absolute Gasteiger partial charge is 0.103 e. The van der Waals surface area contributed by atoms with Crippen LogP contribution in [0.4, 0.5) is 0 Å². The molecule has 1 aliphatic carbocycles. The minimum absolute atomic E-state index is 0.104. The fraction of sp³-hybridized carbons (Fsp3) is 1.00. The Balaban J connectivity index is 2.59. The Labute approximate surface area is 105 Å². The topological polar surface area (TPSA) is 49.7 Å². The SMILES string of the molecule is CC1CCCC(OCC(O)C(C)O)(C(C)C)C1. The molecule has 3 heteroatoms. The van der Waals surface area contributed by atoms with Crippen molar-refractivity contribution in [2.45, 2.75) is 71.2 Å². The number of hydrogen-bond acceptors (Lipinski definition) is 3. The van der Waals surface area contributed by atoms with Gasteiger partial charge in [0.2, 0.25) is 0 Å². The Bertz CT molecular complexity index is 228. The average Bonchev–Trinajstić information content (AvgIpc) is 2.25. The minimum Gasteiger partial charge on any atom is -0.391 e. The second-order valence-corrected chi connectivity index (χ2v) is 6.04. The first kappa shape index (κ1) is 14.9. The molecule has 102 valence electrons. The van der Waals surface area contributed by atoms with Gasteiger partial charge in [-0.15, -0.1) is 0 Å². The van der Waals surface area contributed by atoms with E-state index < -0.39 is 12.2 Å². The van der Waals surface area contributed by atoms with Gasteiger partial charge in [-0.3, -0.25) is 0 Å².